The zero-order chi connectivity index (χ0) is 22.8. The molecular formula is C25H26IN5O. The number of aryl methyl sites for hydroxylation is 2. The summed E-state index contributed by atoms with van der Waals surface area (Å²) in [6.45, 7) is 10.3. The van der Waals surface area contributed by atoms with E-state index in [0.29, 0.717) is 5.56 Å². The molecule has 0 saturated heterocycles. The van der Waals surface area contributed by atoms with Crippen molar-refractivity contribution < 1.29 is 4.79 Å². The van der Waals surface area contributed by atoms with Crippen LogP contribution in [0.5, 0.6) is 0 Å². The third-order valence-electron chi connectivity index (χ3n) is 5.59. The Morgan fingerprint density at radius 1 is 0.969 bits per heavy atom. The van der Waals surface area contributed by atoms with Crippen molar-refractivity contribution in [1.29, 1.82) is 0 Å². The topological polar surface area (TPSA) is 63.1 Å². The highest BCUT2D eigenvalue weighted by atomic mass is 127. The Kier molecular flexibility index (Phi) is 6.45. The van der Waals surface area contributed by atoms with Crippen LogP contribution in [-0.4, -0.2) is 34.0 Å². The lowest BCUT2D eigenvalue weighted by molar-refractivity contribution is 0.102. The Bertz CT molecular complexity index is 1290. The summed E-state index contributed by atoms with van der Waals surface area (Å²) in [5.74, 6) is -0.138. The number of halogens is 1. The summed E-state index contributed by atoms with van der Waals surface area (Å²) in [4.78, 5) is 16.7. The third-order valence-corrected chi connectivity index (χ3v) is 6.26. The predicted octanol–water partition coefficient (Wildman–Crippen LogP) is 5.74. The van der Waals surface area contributed by atoms with Crippen molar-refractivity contribution in [2.45, 2.75) is 27.7 Å². The molecule has 0 atom stereocenters. The fourth-order valence-electron chi connectivity index (χ4n) is 3.78. The van der Waals surface area contributed by atoms with Gasteiger partial charge in [0, 0.05) is 33.6 Å². The van der Waals surface area contributed by atoms with Crippen LogP contribution in [0.3, 0.4) is 0 Å². The van der Waals surface area contributed by atoms with Crippen LogP contribution in [0.2, 0.25) is 0 Å². The van der Waals surface area contributed by atoms with Crippen molar-refractivity contribution in [3.05, 3.63) is 74.9 Å². The molecule has 3 aromatic carbocycles. The summed E-state index contributed by atoms with van der Waals surface area (Å²) < 4.78 is 1.02. The Morgan fingerprint density at radius 3 is 2.34 bits per heavy atom. The first-order valence-electron chi connectivity index (χ1n) is 10.7. The summed E-state index contributed by atoms with van der Waals surface area (Å²) in [7, 11) is 0. The maximum atomic E-state index is 12.7. The summed E-state index contributed by atoms with van der Waals surface area (Å²) in [5, 5.41) is 12.4. The molecule has 32 heavy (non-hydrogen) atoms. The number of rotatable bonds is 6. The SMILES string of the molecule is CCN(CC)c1ccc(-n2nc3cc(C)c(NC(=O)c4cccc(I)c4)cc3n2)c(C)c1. The first-order chi connectivity index (χ1) is 15.4. The molecule has 4 rings (SSSR count). The monoisotopic (exact) mass is 539 g/mol. The highest BCUT2D eigenvalue weighted by molar-refractivity contribution is 14.1. The van der Waals surface area contributed by atoms with Crippen LogP contribution in [0.4, 0.5) is 11.4 Å². The highest BCUT2D eigenvalue weighted by Crippen LogP contribution is 2.25. The first-order valence-corrected chi connectivity index (χ1v) is 11.8. The van der Waals surface area contributed by atoms with E-state index in [1.165, 1.54) is 5.69 Å². The van der Waals surface area contributed by atoms with E-state index < -0.39 is 0 Å². The van der Waals surface area contributed by atoms with Gasteiger partial charge in [0.25, 0.3) is 5.91 Å². The summed E-state index contributed by atoms with van der Waals surface area (Å²) in [6, 6.07) is 17.7. The molecule has 1 amide bonds. The standard InChI is InChI=1S/C25H26IN5O/c1-5-30(6-2)20-10-11-24(17(4)12-20)31-28-22-13-16(3)21(15-23(22)29-31)27-25(32)18-8-7-9-19(26)14-18/h7-15H,5-6H2,1-4H3,(H,27,32). The summed E-state index contributed by atoms with van der Waals surface area (Å²) in [6.07, 6.45) is 0. The molecule has 0 bridgehead atoms. The lowest BCUT2D eigenvalue weighted by Crippen LogP contribution is -2.21. The number of nitrogens with one attached hydrogen (secondary N) is 1. The summed E-state index contributed by atoms with van der Waals surface area (Å²) >= 11 is 2.20. The van der Waals surface area contributed by atoms with Crippen molar-refractivity contribution in [3.63, 3.8) is 0 Å². The summed E-state index contributed by atoms with van der Waals surface area (Å²) in [5.41, 5.74) is 7.09. The number of hydrogen-bond acceptors (Lipinski definition) is 4. The van der Waals surface area contributed by atoms with Gasteiger partial charge in [0.15, 0.2) is 0 Å². The number of amides is 1. The van der Waals surface area contributed by atoms with Gasteiger partial charge < -0.3 is 10.2 Å². The Morgan fingerprint density at radius 2 is 1.69 bits per heavy atom. The van der Waals surface area contributed by atoms with Crippen LogP contribution in [0.1, 0.15) is 35.3 Å². The van der Waals surface area contributed by atoms with Gasteiger partial charge in [-0.1, -0.05) is 6.07 Å². The van der Waals surface area contributed by atoms with E-state index >= 15 is 0 Å². The number of anilines is 2. The molecule has 0 unspecified atom stereocenters. The quantitative estimate of drug-likeness (QED) is 0.318. The van der Waals surface area contributed by atoms with Gasteiger partial charge in [-0.2, -0.15) is 4.80 Å². The number of benzene rings is 3. The molecule has 1 heterocycles. The largest absolute Gasteiger partial charge is 0.372 e. The first kappa shape index (κ1) is 22.3. The van der Waals surface area contributed by atoms with Gasteiger partial charge in [-0.15, -0.1) is 10.2 Å². The van der Waals surface area contributed by atoms with Crippen LogP contribution in [0.25, 0.3) is 16.7 Å². The molecule has 6 nitrogen and oxygen atoms in total. The molecule has 0 aliphatic heterocycles. The average Bonchev–Trinajstić information content (AvgIpc) is 3.17. The molecule has 1 aromatic heterocycles. The van der Waals surface area contributed by atoms with E-state index in [2.05, 4.69) is 76.9 Å². The number of hydrogen-bond donors (Lipinski definition) is 1. The van der Waals surface area contributed by atoms with E-state index in [-0.39, 0.29) is 5.91 Å². The van der Waals surface area contributed by atoms with Gasteiger partial charge in [-0.25, -0.2) is 0 Å². The minimum atomic E-state index is -0.138. The minimum absolute atomic E-state index is 0.138. The van der Waals surface area contributed by atoms with Gasteiger partial charge in [0.2, 0.25) is 0 Å². The van der Waals surface area contributed by atoms with Crippen LogP contribution in [-0.2, 0) is 0 Å². The molecular weight excluding hydrogens is 513 g/mol. The lowest BCUT2D eigenvalue weighted by Gasteiger charge is -2.22. The molecule has 0 radical (unpaired) electrons. The molecule has 0 spiro atoms. The van der Waals surface area contributed by atoms with Gasteiger partial charge in [0.05, 0.1) is 5.69 Å². The Labute approximate surface area is 201 Å². The number of nitrogens with zero attached hydrogens (tertiary/aromatic N) is 4. The van der Waals surface area contributed by atoms with Crippen molar-refractivity contribution in [1.82, 2.24) is 15.0 Å². The molecule has 0 saturated carbocycles. The van der Waals surface area contributed by atoms with Crippen LogP contribution in [0.15, 0.2) is 54.6 Å². The van der Waals surface area contributed by atoms with Crippen molar-refractivity contribution in [2.24, 2.45) is 0 Å². The molecule has 0 fully saturated rings. The fraction of sp³-hybridized carbons (Fsp3) is 0.240. The Balaban J connectivity index is 1.65. The third kappa shape index (κ3) is 4.48. The van der Waals surface area contributed by atoms with E-state index in [1.807, 2.05) is 43.3 Å². The second-order valence-corrected chi connectivity index (χ2v) is 9.00. The molecule has 164 valence electrons. The maximum absolute atomic E-state index is 12.7. The number of carbonyl (C=O) groups is 1. The lowest BCUT2D eigenvalue weighted by atomic mass is 10.1. The smallest absolute Gasteiger partial charge is 0.255 e. The number of aromatic nitrogens is 3. The van der Waals surface area contributed by atoms with E-state index in [0.717, 1.165) is 50.2 Å². The molecule has 1 N–H and O–H groups in total. The van der Waals surface area contributed by atoms with E-state index in [1.54, 1.807) is 4.80 Å². The second-order valence-electron chi connectivity index (χ2n) is 7.75. The second kappa shape index (κ2) is 9.28. The van der Waals surface area contributed by atoms with Crippen molar-refractivity contribution >= 4 is 50.9 Å². The fourth-order valence-corrected chi connectivity index (χ4v) is 4.33. The van der Waals surface area contributed by atoms with Gasteiger partial charge in [0.1, 0.15) is 11.0 Å². The zero-order valence-corrected chi connectivity index (χ0v) is 20.8. The van der Waals surface area contributed by atoms with Crippen molar-refractivity contribution in [2.75, 3.05) is 23.3 Å². The Hall–Kier alpha value is -2.94. The zero-order valence-electron chi connectivity index (χ0n) is 18.7. The molecule has 0 aliphatic rings. The van der Waals surface area contributed by atoms with Crippen LogP contribution >= 0.6 is 22.6 Å². The maximum Gasteiger partial charge on any atom is 0.255 e. The van der Waals surface area contributed by atoms with Gasteiger partial charge in [-0.3, -0.25) is 4.79 Å². The van der Waals surface area contributed by atoms with Crippen LogP contribution in [0, 0.1) is 17.4 Å². The molecule has 0 aliphatic carbocycles. The number of fused-ring (bicyclic) bond motifs is 1. The number of carbonyl (C=O) groups excluding carboxylic acids is 1. The molecule has 4 aromatic rings. The van der Waals surface area contributed by atoms with Crippen LogP contribution < -0.4 is 10.2 Å². The van der Waals surface area contributed by atoms with E-state index in [4.69, 9.17) is 5.10 Å². The van der Waals surface area contributed by atoms with Gasteiger partial charge in [-0.05, 0) is 110 Å². The van der Waals surface area contributed by atoms with Crippen molar-refractivity contribution in [3.8, 4) is 5.69 Å². The van der Waals surface area contributed by atoms with E-state index in [9.17, 15) is 4.79 Å². The average molecular weight is 539 g/mol. The normalized spacial score (nSPS) is 11.0. The van der Waals surface area contributed by atoms with Gasteiger partial charge >= 0.3 is 0 Å². The predicted molar refractivity (Wildman–Crippen MR) is 139 cm³/mol. The minimum Gasteiger partial charge on any atom is -0.372 e. The molecule has 7 heteroatoms. The highest BCUT2D eigenvalue weighted by Gasteiger charge is 2.14.